The zero-order valence-electron chi connectivity index (χ0n) is 10.7. The van der Waals surface area contributed by atoms with Gasteiger partial charge in [0, 0.05) is 11.1 Å². The van der Waals surface area contributed by atoms with E-state index in [0.717, 1.165) is 6.07 Å². The summed E-state index contributed by atoms with van der Waals surface area (Å²) in [4.78, 5) is 4.78. The van der Waals surface area contributed by atoms with Crippen LogP contribution in [0.15, 0.2) is 53.7 Å². The van der Waals surface area contributed by atoms with Crippen LogP contribution < -0.4 is 0 Å². The van der Waals surface area contributed by atoms with E-state index in [2.05, 4.69) is 11.4 Å². The van der Waals surface area contributed by atoms with E-state index < -0.39 is 17.6 Å². The molecule has 0 bridgehead atoms. The van der Waals surface area contributed by atoms with Crippen molar-refractivity contribution in [3.8, 4) is 0 Å². The van der Waals surface area contributed by atoms with Crippen molar-refractivity contribution in [2.75, 3.05) is 0 Å². The van der Waals surface area contributed by atoms with Crippen molar-refractivity contribution in [3.05, 3.63) is 71.0 Å². The predicted octanol–water partition coefficient (Wildman–Crippen LogP) is 4.27. The average molecular weight is 296 g/mol. The maximum Gasteiger partial charge on any atom is 0.417 e. The van der Waals surface area contributed by atoms with Gasteiger partial charge in [-0.05, 0) is 12.1 Å². The molecule has 0 saturated heterocycles. The van der Waals surface area contributed by atoms with Crippen molar-refractivity contribution in [2.24, 2.45) is 5.16 Å². The molecule has 2 rings (SSSR count). The molecule has 0 aromatic heterocycles. The van der Waals surface area contributed by atoms with Gasteiger partial charge in [-0.25, -0.2) is 4.39 Å². The Morgan fingerprint density at radius 3 is 2.38 bits per heavy atom. The first-order valence-electron chi connectivity index (χ1n) is 5.96. The minimum atomic E-state index is -4.50. The van der Waals surface area contributed by atoms with Gasteiger partial charge in [-0.3, -0.25) is 0 Å². The van der Waals surface area contributed by atoms with Gasteiger partial charge in [-0.1, -0.05) is 41.6 Å². The molecule has 0 aliphatic heterocycles. The van der Waals surface area contributed by atoms with Crippen LogP contribution in [0.4, 0.5) is 17.6 Å². The van der Waals surface area contributed by atoms with E-state index in [0.29, 0.717) is 0 Å². The Kier molecular flexibility index (Phi) is 4.57. The SMILES string of the molecule is Fc1ccccc1CO/N=[C]\c1ccccc1C(F)(F)F. The first-order valence-corrected chi connectivity index (χ1v) is 5.96. The van der Waals surface area contributed by atoms with Gasteiger partial charge >= 0.3 is 6.18 Å². The summed E-state index contributed by atoms with van der Waals surface area (Å²) >= 11 is 0. The number of halogens is 4. The van der Waals surface area contributed by atoms with Crippen LogP contribution in [0.25, 0.3) is 0 Å². The maximum atomic E-state index is 13.3. The highest BCUT2D eigenvalue weighted by molar-refractivity contribution is 5.81. The van der Waals surface area contributed by atoms with Crippen molar-refractivity contribution in [3.63, 3.8) is 0 Å². The first-order chi connectivity index (χ1) is 9.98. The smallest absolute Gasteiger partial charge is 0.390 e. The fraction of sp³-hybridized carbons (Fsp3) is 0.133. The molecule has 2 nitrogen and oxygen atoms in total. The third kappa shape index (κ3) is 4.05. The lowest BCUT2D eigenvalue weighted by molar-refractivity contribution is -0.137. The van der Waals surface area contributed by atoms with E-state index in [1.165, 1.54) is 36.4 Å². The highest BCUT2D eigenvalue weighted by Crippen LogP contribution is 2.31. The fourth-order valence-electron chi connectivity index (χ4n) is 1.63. The molecule has 2 aromatic rings. The van der Waals surface area contributed by atoms with Crippen molar-refractivity contribution < 1.29 is 22.4 Å². The second-order valence-corrected chi connectivity index (χ2v) is 4.11. The van der Waals surface area contributed by atoms with Crippen LogP contribution in [-0.4, -0.2) is 6.21 Å². The number of benzene rings is 2. The summed E-state index contributed by atoms with van der Waals surface area (Å²) in [6, 6.07) is 10.7. The summed E-state index contributed by atoms with van der Waals surface area (Å²) < 4.78 is 51.4. The molecule has 0 heterocycles. The monoisotopic (exact) mass is 296 g/mol. The Morgan fingerprint density at radius 2 is 1.67 bits per heavy atom. The number of hydrogen-bond acceptors (Lipinski definition) is 2. The van der Waals surface area contributed by atoms with Gasteiger partial charge < -0.3 is 4.84 Å². The maximum absolute atomic E-state index is 13.3. The van der Waals surface area contributed by atoms with Crippen LogP contribution in [0, 0.1) is 5.82 Å². The van der Waals surface area contributed by atoms with E-state index in [1.54, 1.807) is 6.07 Å². The molecule has 1 radical (unpaired) electrons. The predicted molar refractivity (Wildman–Crippen MR) is 69.2 cm³/mol. The summed E-state index contributed by atoms with van der Waals surface area (Å²) in [6.45, 7) is -0.187. The molecule has 0 amide bonds. The minimum absolute atomic E-state index is 0.187. The Balaban J connectivity index is 2.04. The molecule has 0 unspecified atom stereocenters. The van der Waals surface area contributed by atoms with Crippen molar-refractivity contribution in [1.29, 1.82) is 0 Å². The molecule has 0 N–H and O–H groups in total. The third-order valence-corrected chi connectivity index (χ3v) is 2.64. The molecule has 0 aliphatic carbocycles. The second kappa shape index (κ2) is 6.39. The van der Waals surface area contributed by atoms with Gasteiger partial charge in [0.15, 0.2) is 0 Å². The van der Waals surface area contributed by atoms with Gasteiger partial charge in [-0.15, -0.1) is 0 Å². The van der Waals surface area contributed by atoms with E-state index >= 15 is 0 Å². The molecular weight excluding hydrogens is 286 g/mol. The lowest BCUT2D eigenvalue weighted by Crippen LogP contribution is -2.08. The lowest BCUT2D eigenvalue weighted by atomic mass is 10.1. The largest absolute Gasteiger partial charge is 0.417 e. The van der Waals surface area contributed by atoms with Crippen LogP contribution in [-0.2, 0) is 17.6 Å². The van der Waals surface area contributed by atoms with Gasteiger partial charge in [-0.2, -0.15) is 13.2 Å². The highest BCUT2D eigenvalue weighted by Gasteiger charge is 2.32. The molecule has 2 aromatic carbocycles. The molecule has 0 spiro atoms. The Hall–Kier alpha value is -2.37. The molecule has 0 aliphatic rings. The number of hydrogen-bond donors (Lipinski definition) is 0. The minimum Gasteiger partial charge on any atom is -0.390 e. The normalized spacial score (nSPS) is 11.8. The quantitative estimate of drug-likeness (QED) is 0.469. The van der Waals surface area contributed by atoms with Crippen LogP contribution >= 0.6 is 0 Å². The van der Waals surface area contributed by atoms with Gasteiger partial charge in [0.1, 0.15) is 18.6 Å². The first kappa shape index (κ1) is 15.0. The summed E-state index contributed by atoms with van der Waals surface area (Å²) in [5, 5.41) is 3.34. The summed E-state index contributed by atoms with van der Waals surface area (Å²) in [6.07, 6.45) is -2.33. The zero-order valence-corrected chi connectivity index (χ0v) is 10.7. The number of alkyl halides is 3. The average Bonchev–Trinajstić information content (AvgIpc) is 2.45. The number of rotatable bonds is 4. The molecule has 21 heavy (non-hydrogen) atoms. The van der Waals surface area contributed by atoms with Crippen molar-refractivity contribution in [2.45, 2.75) is 12.8 Å². The van der Waals surface area contributed by atoms with Crippen molar-refractivity contribution >= 4 is 6.21 Å². The van der Waals surface area contributed by atoms with E-state index in [1.807, 2.05) is 0 Å². The van der Waals surface area contributed by atoms with E-state index in [-0.39, 0.29) is 17.7 Å². The fourth-order valence-corrected chi connectivity index (χ4v) is 1.63. The second-order valence-electron chi connectivity index (χ2n) is 4.11. The number of nitrogens with zero attached hydrogens (tertiary/aromatic N) is 1. The Bertz CT molecular complexity index is 638. The van der Waals surface area contributed by atoms with Crippen LogP contribution in [0.1, 0.15) is 16.7 Å². The zero-order chi connectivity index (χ0) is 15.3. The topological polar surface area (TPSA) is 21.6 Å². The molecule has 0 atom stereocenters. The summed E-state index contributed by atoms with van der Waals surface area (Å²) in [5.74, 6) is -0.469. The van der Waals surface area contributed by atoms with E-state index in [4.69, 9.17) is 4.84 Å². The Morgan fingerprint density at radius 1 is 1.00 bits per heavy atom. The van der Waals surface area contributed by atoms with Crippen LogP contribution in [0.3, 0.4) is 0 Å². The third-order valence-electron chi connectivity index (χ3n) is 2.64. The summed E-state index contributed by atoms with van der Waals surface area (Å²) in [5.41, 5.74) is -0.839. The highest BCUT2D eigenvalue weighted by atomic mass is 19.4. The molecule has 0 saturated carbocycles. The standard InChI is InChI=1S/C15H10F4NO/c16-14-8-4-2-6-12(14)10-21-20-9-11-5-1-3-7-13(11)15(17,18)19/h1-8H,10H2. The van der Waals surface area contributed by atoms with Crippen molar-refractivity contribution in [1.82, 2.24) is 0 Å². The van der Waals surface area contributed by atoms with Gasteiger partial charge in [0.25, 0.3) is 0 Å². The molecule has 109 valence electrons. The lowest BCUT2D eigenvalue weighted by Gasteiger charge is -2.08. The Labute approximate surface area is 118 Å². The molecular formula is C15H10F4NO. The van der Waals surface area contributed by atoms with Crippen LogP contribution in [0.5, 0.6) is 0 Å². The van der Waals surface area contributed by atoms with Crippen LogP contribution in [0.2, 0.25) is 0 Å². The molecule has 0 fully saturated rings. The summed E-state index contributed by atoms with van der Waals surface area (Å²) in [7, 11) is 0. The van der Waals surface area contributed by atoms with Gasteiger partial charge in [0.2, 0.25) is 0 Å². The molecule has 6 heteroatoms. The van der Waals surface area contributed by atoms with Gasteiger partial charge in [0.05, 0.1) is 5.56 Å². The van der Waals surface area contributed by atoms with E-state index in [9.17, 15) is 17.6 Å².